The first-order valence-corrected chi connectivity index (χ1v) is 8.59. The summed E-state index contributed by atoms with van der Waals surface area (Å²) >= 11 is 0. The van der Waals surface area contributed by atoms with E-state index in [1.165, 1.54) is 12.4 Å². The van der Waals surface area contributed by atoms with Gasteiger partial charge < -0.3 is 10.3 Å². The first-order valence-electron chi connectivity index (χ1n) is 8.59. The zero-order valence-corrected chi connectivity index (χ0v) is 14.9. The number of nitrogens with one attached hydrogen (secondary N) is 2. The van der Waals surface area contributed by atoms with E-state index in [9.17, 15) is 18.0 Å². The fourth-order valence-corrected chi connectivity index (χ4v) is 2.83. The number of alkyl halides is 3. The Kier molecular flexibility index (Phi) is 4.71. The molecule has 0 saturated heterocycles. The van der Waals surface area contributed by atoms with Gasteiger partial charge >= 0.3 is 6.18 Å². The molecule has 3 heterocycles. The van der Waals surface area contributed by atoms with Gasteiger partial charge in [-0.25, -0.2) is 4.98 Å². The molecule has 146 valence electrons. The molecule has 3 aromatic heterocycles. The van der Waals surface area contributed by atoms with E-state index in [1.807, 2.05) is 6.07 Å². The van der Waals surface area contributed by atoms with Crippen molar-refractivity contribution in [3.05, 3.63) is 78.1 Å². The number of hydrogen-bond donors (Lipinski definition) is 2. The second kappa shape index (κ2) is 7.34. The number of nitrogens with zero attached hydrogens (tertiary/aromatic N) is 3. The number of aromatic amines is 1. The highest BCUT2D eigenvalue weighted by molar-refractivity contribution is 5.92. The molecule has 0 fully saturated rings. The quantitative estimate of drug-likeness (QED) is 0.546. The molecule has 6 nitrogen and oxygen atoms in total. The summed E-state index contributed by atoms with van der Waals surface area (Å²) in [6.45, 7) is 0.146. The van der Waals surface area contributed by atoms with Gasteiger partial charge in [0.1, 0.15) is 11.4 Å². The normalized spacial score (nSPS) is 11.6. The van der Waals surface area contributed by atoms with Gasteiger partial charge in [-0.2, -0.15) is 13.2 Å². The minimum Gasteiger partial charge on any atom is -0.351 e. The number of fused-ring (bicyclic) bond motifs is 1. The van der Waals surface area contributed by atoms with Crippen LogP contribution in [0.4, 0.5) is 13.2 Å². The molecule has 4 rings (SSSR count). The van der Waals surface area contributed by atoms with Crippen LogP contribution in [0.15, 0.2) is 61.2 Å². The van der Waals surface area contributed by atoms with Crippen molar-refractivity contribution in [1.82, 2.24) is 25.3 Å². The lowest BCUT2D eigenvalue weighted by Gasteiger charge is -2.06. The van der Waals surface area contributed by atoms with Crippen LogP contribution in [-0.4, -0.2) is 25.8 Å². The summed E-state index contributed by atoms with van der Waals surface area (Å²) in [7, 11) is 0. The van der Waals surface area contributed by atoms with Crippen LogP contribution in [0.3, 0.4) is 0 Å². The molecular formula is C20H14F3N5O. The van der Waals surface area contributed by atoms with E-state index in [-0.39, 0.29) is 12.2 Å². The number of hydrogen-bond acceptors (Lipinski definition) is 4. The number of pyridine rings is 1. The van der Waals surface area contributed by atoms with Crippen LogP contribution in [0.25, 0.3) is 22.2 Å². The summed E-state index contributed by atoms with van der Waals surface area (Å²) in [5.74, 6) is -0.430. The first-order chi connectivity index (χ1) is 13.9. The molecule has 0 saturated carbocycles. The van der Waals surface area contributed by atoms with Crippen molar-refractivity contribution in [2.45, 2.75) is 12.7 Å². The van der Waals surface area contributed by atoms with Gasteiger partial charge in [0, 0.05) is 35.4 Å². The molecule has 0 unspecified atom stereocenters. The number of amides is 1. The molecule has 1 amide bonds. The van der Waals surface area contributed by atoms with Gasteiger partial charge in [-0.15, -0.1) is 0 Å². The summed E-state index contributed by atoms with van der Waals surface area (Å²) in [5, 5.41) is 3.11. The Hall–Kier alpha value is -3.75. The number of H-pyrrole nitrogens is 1. The van der Waals surface area contributed by atoms with E-state index in [0.29, 0.717) is 22.2 Å². The fraction of sp³-hybridized carbons (Fsp3) is 0.100. The number of carbonyl (C=O) groups is 1. The van der Waals surface area contributed by atoms with Gasteiger partial charge in [0.2, 0.25) is 0 Å². The number of carbonyl (C=O) groups excluding carboxylic acids is 1. The summed E-state index contributed by atoms with van der Waals surface area (Å²) in [6, 6.07) is 9.45. The third-order valence-electron chi connectivity index (χ3n) is 4.29. The molecule has 0 radical (unpaired) electrons. The molecule has 0 atom stereocenters. The van der Waals surface area contributed by atoms with E-state index in [4.69, 9.17) is 0 Å². The van der Waals surface area contributed by atoms with Gasteiger partial charge in [0.15, 0.2) is 0 Å². The van der Waals surface area contributed by atoms with Crippen LogP contribution >= 0.6 is 0 Å². The first kappa shape index (κ1) is 18.6. The topological polar surface area (TPSA) is 83.6 Å². The van der Waals surface area contributed by atoms with Gasteiger partial charge in [0.25, 0.3) is 5.91 Å². The molecule has 0 spiro atoms. The van der Waals surface area contributed by atoms with Crippen molar-refractivity contribution in [2.75, 3.05) is 0 Å². The highest BCUT2D eigenvalue weighted by atomic mass is 19.4. The Morgan fingerprint density at radius 1 is 1.07 bits per heavy atom. The molecule has 29 heavy (non-hydrogen) atoms. The van der Waals surface area contributed by atoms with E-state index in [1.54, 1.807) is 36.7 Å². The maximum atomic E-state index is 12.8. The summed E-state index contributed by atoms with van der Waals surface area (Å²) in [6.07, 6.45) is 1.70. The Morgan fingerprint density at radius 3 is 2.62 bits per heavy atom. The van der Waals surface area contributed by atoms with Crippen molar-refractivity contribution in [1.29, 1.82) is 0 Å². The zero-order valence-electron chi connectivity index (χ0n) is 14.9. The van der Waals surface area contributed by atoms with Crippen LogP contribution in [0.1, 0.15) is 21.7 Å². The molecule has 0 aliphatic rings. The molecule has 0 bridgehead atoms. The van der Waals surface area contributed by atoms with E-state index < -0.39 is 17.8 Å². The minimum atomic E-state index is -4.44. The third-order valence-corrected chi connectivity index (χ3v) is 4.29. The Balaban J connectivity index is 1.44. The van der Waals surface area contributed by atoms with Gasteiger partial charge in [-0.1, -0.05) is 6.07 Å². The summed E-state index contributed by atoms with van der Waals surface area (Å²) < 4.78 is 38.4. The third kappa shape index (κ3) is 4.08. The lowest BCUT2D eigenvalue weighted by molar-refractivity contribution is -0.140. The molecule has 0 aliphatic heterocycles. The van der Waals surface area contributed by atoms with Crippen molar-refractivity contribution < 1.29 is 18.0 Å². The molecule has 0 aliphatic carbocycles. The number of aromatic nitrogens is 4. The minimum absolute atomic E-state index is 0.139. The standard InChI is InChI=1S/C20H14F3N5O/c21-20(22,23)18-7-14-6-12(3-4-15(14)28-18)8-27-19(29)17-11-25-16(10-26-17)13-2-1-5-24-9-13/h1-7,9-11,28H,8H2,(H,27,29). The molecule has 1 aromatic carbocycles. The second-order valence-electron chi connectivity index (χ2n) is 6.31. The van der Waals surface area contributed by atoms with Gasteiger partial charge in [-0.05, 0) is 35.9 Å². The maximum Gasteiger partial charge on any atom is 0.431 e. The molecular weight excluding hydrogens is 383 g/mol. The lowest BCUT2D eigenvalue weighted by atomic mass is 10.1. The fourth-order valence-electron chi connectivity index (χ4n) is 2.83. The van der Waals surface area contributed by atoms with Gasteiger partial charge in [-0.3, -0.25) is 14.8 Å². The average molecular weight is 397 g/mol. The largest absolute Gasteiger partial charge is 0.431 e. The molecule has 4 aromatic rings. The zero-order chi connectivity index (χ0) is 20.4. The van der Waals surface area contributed by atoms with Crippen molar-refractivity contribution in [3.8, 4) is 11.3 Å². The van der Waals surface area contributed by atoms with Crippen molar-refractivity contribution in [2.24, 2.45) is 0 Å². The Bertz CT molecular complexity index is 1150. The van der Waals surface area contributed by atoms with Crippen molar-refractivity contribution >= 4 is 16.8 Å². The predicted octanol–water partition coefficient (Wildman–Crippen LogP) is 3.97. The van der Waals surface area contributed by atoms with Crippen LogP contribution in [0.5, 0.6) is 0 Å². The number of halogens is 3. The average Bonchev–Trinajstić information content (AvgIpc) is 3.17. The van der Waals surface area contributed by atoms with Crippen LogP contribution < -0.4 is 5.32 Å². The van der Waals surface area contributed by atoms with E-state index >= 15 is 0 Å². The predicted molar refractivity (Wildman–Crippen MR) is 99.7 cm³/mol. The maximum absolute atomic E-state index is 12.8. The lowest BCUT2D eigenvalue weighted by Crippen LogP contribution is -2.24. The summed E-state index contributed by atoms with van der Waals surface area (Å²) in [5.41, 5.74) is 1.75. The van der Waals surface area contributed by atoms with E-state index in [0.717, 1.165) is 11.6 Å². The van der Waals surface area contributed by atoms with Crippen LogP contribution in [0.2, 0.25) is 0 Å². The number of benzene rings is 1. The second-order valence-corrected chi connectivity index (χ2v) is 6.31. The Labute approximate surface area is 162 Å². The van der Waals surface area contributed by atoms with E-state index in [2.05, 4.69) is 25.3 Å². The monoisotopic (exact) mass is 397 g/mol. The SMILES string of the molecule is O=C(NCc1ccc2[nH]c(C(F)(F)F)cc2c1)c1cnc(-c2cccnc2)cn1. The van der Waals surface area contributed by atoms with Gasteiger partial charge in [0.05, 0.1) is 18.1 Å². The molecule has 2 N–H and O–H groups in total. The highest BCUT2D eigenvalue weighted by Gasteiger charge is 2.32. The highest BCUT2D eigenvalue weighted by Crippen LogP contribution is 2.31. The smallest absolute Gasteiger partial charge is 0.351 e. The summed E-state index contributed by atoms with van der Waals surface area (Å²) in [4.78, 5) is 27.0. The number of rotatable bonds is 4. The Morgan fingerprint density at radius 2 is 1.93 bits per heavy atom. The molecule has 9 heteroatoms. The van der Waals surface area contributed by atoms with Crippen LogP contribution in [0, 0.1) is 0 Å². The van der Waals surface area contributed by atoms with Crippen molar-refractivity contribution in [3.63, 3.8) is 0 Å². The van der Waals surface area contributed by atoms with Crippen LogP contribution in [-0.2, 0) is 12.7 Å².